The van der Waals surface area contributed by atoms with E-state index in [4.69, 9.17) is 10.1 Å². The number of diazo groups is 1. The van der Waals surface area contributed by atoms with Crippen LogP contribution in [0.15, 0.2) is 22.7 Å². The van der Waals surface area contributed by atoms with Gasteiger partial charge >= 0.3 is 5.69 Å². The van der Waals surface area contributed by atoms with Gasteiger partial charge in [-0.3, -0.25) is 0 Å². The van der Waals surface area contributed by atoms with Crippen LogP contribution in [0.5, 0.6) is 5.75 Å². The molecule has 0 aliphatic rings. The maximum atomic E-state index is 8.68. The van der Waals surface area contributed by atoms with Gasteiger partial charge in [0, 0.05) is 10.5 Å². The van der Waals surface area contributed by atoms with Crippen molar-refractivity contribution in [2.75, 3.05) is 6.61 Å². The van der Waals surface area contributed by atoms with Crippen molar-refractivity contribution in [1.29, 1.82) is 5.39 Å². The normalized spacial score (nSPS) is 9.81. The number of hydrogen-bond donors (Lipinski definition) is 0. The number of benzene rings is 1. The Balaban J connectivity index is 2.42. The highest BCUT2D eigenvalue weighted by Crippen LogP contribution is 2.26. The van der Waals surface area contributed by atoms with Crippen molar-refractivity contribution < 1.29 is 4.74 Å². The fraction of sp³-hybridized carbons (Fsp3) is 0.500. The summed E-state index contributed by atoms with van der Waals surface area (Å²) in [5.74, 6) is 0.735. The Kier molecular flexibility index (Phi) is 5.87. The molecule has 0 saturated carbocycles. The lowest BCUT2D eigenvalue weighted by Gasteiger charge is -2.04. The van der Waals surface area contributed by atoms with Crippen molar-refractivity contribution in [1.82, 2.24) is 0 Å². The minimum atomic E-state index is 0.498. The molecule has 1 aromatic rings. The molecule has 0 aliphatic heterocycles. The molecule has 0 aliphatic carbocycles. The number of rotatable bonds is 6. The van der Waals surface area contributed by atoms with Gasteiger partial charge in [-0.25, -0.2) is 0 Å². The van der Waals surface area contributed by atoms with Gasteiger partial charge in [0.05, 0.1) is 12.7 Å². The molecule has 4 heteroatoms. The minimum Gasteiger partial charge on any atom is -0.493 e. The lowest BCUT2D eigenvalue weighted by atomic mass is 10.2. The smallest absolute Gasteiger partial charge is 0.389 e. The summed E-state index contributed by atoms with van der Waals surface area (Å²) < 4.78 is 6.43. The number of unbranched alkanes of at least 4 members (excludes halogenated alkanes) is 3. The fourth-order valence-corrected chi connectivity index (χ4v) is 1.87. The van der Waals surface area contributed by atoms with Gasteiger partial charge in [0.15, 0.2) is 4.98 Å². The third kappa shape index (κ3) is 4.63. The van der Waals surface area contributed by atoms with E-state index in [1.807, 2.05) is 6.07 Å². The molecule has 0 amide bonds. The molecule has 1 rings (SSSR count). The van der Waals surface area contributed by atoms with E-state index in [9.17, 15) is 0 Å². The SMILES string of the molecule is CCCCCCOc1cc(Br)cc([N+]#N)c1. The van der Waals surface area contributed by atoms with E-state index in [0.29, 0.717) is 12.3 Å². The third-order valence-electron chi connectivity index (χ3n) is 2.24. The molecule has 0 saturated heterocycles. The van der Waals surface area contributed by atoms with Crippen molar-refractivity contribution >= 4 is 21.6 Å². The maximum absolute atomic E-state index is 8.68. The molecule has 0 N–H and O–H groups in total. The van der Waals surface area contributed by atoms with Crippen LogP contribution in [0.4, 0.5) is 5.69 Å². The number of hydrogen-bond acceptors (Lipinski definition) is 2. The lowest BCUT2D eigenvalue weighted by Crippen LogP contribution is -1.96. The van der Waals surface area contributed by atoms with Crippen LogP contribution >= 0.6 is 15.9 Å². The first-order valence-corrected chi connectivity index (χ1v) is 6.34. The molecule has 0 atom stereocenters. The number of nitrogens with zero attached hydrogens (tertiary/aromatic N) is 2. The summed E-state index contributed by atoms with van der Waals surface area (Å²) in [6.45, 7) is 2.89. The summed E-state index contributed by atoms with van der Waals surface area (Å²) >= 11 is 3.34. The first-order chi connectivity index (χ1) is 7.76. The first-order valence-electron chi connectivity index (χ1n) is 5.54. The van der Waals surface area contributed by atoms with Crippen LogP contribution in [-0.2, 0) is 0 Å². The monoisotopic (exact) mass is 283 g/mol. The summed E-state index contributed by atoms with van der Waals surface area (Å²) in [6.07, 6.45) is 4.73. The molecular formula is C12H16BrN2O+. The van der Waals surface area contributed by atoms with E-state index >= 15 is 0 Å². The average Bonchev–Trinajstić information content (AvgIpc) is 2.28. The number of halogens is 1. The quantitative estimate of drug-likeness (QED) is 0.550. The summed E-state index contributed by atoms with van der Waals surface area (Å²) in [5.41, 5.74) is 0.498. The maximum Gasteiger partial charge on any atom is 0.389 e. The molecule has 1 aromatic carbocycles. The highest BCUT2D eigenvalue weighted by atomic mass is 79.9. The van der Waals surface area contributed by atoms with Gasteiger partial charge in [0.25, 0.3) is 0 Å². The van der Waals surface area contributed by atoms with E-state index < -0.39 is 0 Å². The molecular weight excluding hydrogens is 268 g/mol. The van der Waals surface area contributed by atoms with Gasteiger partial charge in [0.1, 0.15) is 5.75 Å². The van der Waals surface area contributed by atoms with Gasteiger partial charge in [-0.1, -0.05) is 42.1 Å². The van der Waals surface area contributed by atoms with Crippen LogP contribution in [0.3, 0.4) is 0 Å². The molecule has 0 unspecified atom stereocenters. The van der Waals surface area contributed by atoms with Crippen LogP contribution in [0.25, 0.3) is 4.98 Å². The van der Waals surface area contributed by atoms with Crippen molar-refractivity contribution in [3.63, 3.8) is 0 Å². The highest BCUT2D eigenvalue weighted by Gasteiger charge is 2.08. The Morgan fingerprint density at radius 1 is 1.25 bits per heavy atom. The molecule has 0 fully saturated rings. The topological polar surface area (TPSA) is 37.4 Å². The molecule has 0 spiro atoms. The Morgan fingerprint density at radius 2 is 2.06 bits per heavy atom. The molecule has 3 nitrogen and oxygen atoms in total. The van der Waals surface area contributed by atoms with Crippen molar-refractivity contribution in [3.05, 3.63) is 27.6 Å². The van der Waals surface area contributed by atoms with Gasteiger partial charge in [-0.2, -0.15) is 0 Å². The predicted molar refractivity (Wildman–Crippen MR) is 68.5 cm³/mol. The standard InChI is InChI=1S/C12H16BrN2O/c1-2-3-4-5-6-16-12-8-10(13)7-11(9-12)15-14/h7-9H,2-6H2,1H3/q+1. The van der Waals surface area contributed by atoms with Crippen LogP contribution in [0.1, 0.15) is 32.6 Å². The van der Waals surface area contributed by atoms with Crippen molar-refractivity contribution in [2.45, 2.75) is 32.6 Å². The lowest BCUT2D eigenvalue weighted by molar-refractivity contribution is 0.305. The van der Waals surface area contributed by atoms with E-state index in [0.717, 1.165) is 16.6 Å². The number of ether oxygens (including phenoxy) is 1. The molecule has 16 heavy (non-hydrogen) atoms. The highest BCUT2D eigenvalue weighted by molar-refractivity contribution is 9.10. The fourth-order valence-electron chi connectivity index (χ4n) is 1.41. The van der Waals surface area contributed by atoms with Crippen LogP contribution < -0.4 is 4.74 Å². The molecule has 86 valence electrons. The van der Waals surface area contributed by atoms with Crippen LogP contribution in [-0.4, -0.2) is 6.61 Å². The Hall–Kier alpha value is -1.08. The van der Waals surface area contributed by atoms with Gasteiger partial charge < -0.3 is 4.74 Å². The second kappa shape index (κ2) is 7.24. The summed E-state index contributed by atoms with van der Waals surface area (Å²) in [4.78, 5) is 3.14. The predicted octanol–water partition coefficient (Wildman–Crippen LogP) is 4.89. The largest absolute Gasteiger partial charge is 0.493 e. The van der Waals surface area contributed by atoms with E-state index in [2.05, 4.69) is 27.8 Å². The van der Waals surface area contributed by atoms with Crippen molar-refractivity contribution in [2.24, 2.45) is 0 Å². The van der Waals surface area contributed by atoms with Gasteiger partial charge in [-0.15, -0.1) is 0 Å². The van der Waals surface area contributed by atoms with Gasteiger partial charge in [0.2, 0.25) is 5.39 Å². The zero-order valence-corrected chi connectivity index (χ0v) is 11.0. The van der Waals surface area contributed by atoms with E-state index in [1.54, 1.807) is 12.1 Å². The summed E-state index contributed by atoms with van der Waals surface area (Å²) in [6, 6.07) is 5.31. The zero-order chi connectivity index (χ0) is 11.8. The average molecular weight is 284 g/mol. The summed E-state index contributed by atoms with van der Waals surface area (Å²) in [5, 5.41) is 8.68. The van der Waals surface area contributed by atoms with Crippen LogP contribution in [0.2, 0.25) is 0 Å². The molecule has 0 heterocycles. The van der Waals surface area contributed by atoms with Crippen LogP contribution in [0, 0.1) is 5.39 Å². The summed E-state index contributed by atoms with van der Waals surface area (Å²) in [7, 11) is 0. The molecule has 0 aromatic heterocycles. The third-order valence-corrected chi connectivity index (χ3v) is 2.70. The Labute approximate surface area is 105 Å². The molecule has 0 radical (unpaired) electrons. The van der Waals surface area contributed by atoms with Crippen molar-refractivity contribution in [3.8, 4) is 5.75 Å². The Bertz CT molecular complexity index is 374. The Morgan fingerprint density at radius 3 is 2.75 bits per heavy atom. The van der Waals surface area contributed by atoms with E-state index in [1.165, 1.54) is 19.3 Å². The zero-order valence-electron chi connectivity index (χ0n) is 9.45. The second-order valence-corrected chi connectivity index (χ2v) is 4.57. The second-order valence-electron chi connectivity index (χ2n) is 3.65. The minimum absolute atomic E-state index is 0.498. The van der Waals surface area contributed by atoms with E-state index in [-0.39, 0.29) is 0 Å². The first kappa shape index (κ1) is 13.0. The molecule has 0 bridgehead atoms. The van der Waals surface area contributed by atoms with Gasteiger partial charge in [-0.05, 0) is 12.5 Å².